The Labute approximate surface area is 106 Å². The predicted molar refractivity (Wildman–Crippen MR) is 67.3 cm³/mol. The molecule has 18 heavy (non-hydrogen) atoms. The number of carbonyl (C=O) groups excluding carboxylic acids is 1. The number of rotatable bonds is 4. The van der Waals surface area contributed by atoms with Crippen LogP contribution in [0.5, 0.6) is 5.75 Å². The number of hydrogen-bond acceptors (Lipinski definition) is 3. The average Bonchev–Trinajstić information content (AvgIpc) is 2.78. The largest absolute Gasteiger partial charge is 0.494 e. The summed E-state index contributed by atoms with van der Waals surface area (Å²) in [5.41, 5.74) is 0.391. The number of Topliss-reactive ketones (excluding diaryl/α,β-unsaturated/α-hetero) is 1. The van der Waals surface area contributed by atoms with Crippen LogP contribution in [0.2, 0.25) is 0 Å². The van der Waals surface area contributed by atoms with Crippen molar-refractivity contribution in [3.8, 4) is 5.75 Å². The fourth-order valence-corrected chi connectivity index (χ4v) is 2.27. The number of nitrogens with one attached hydrogen (secondary N) is 1. The first-order chi connectivity index (χ1) is 8.55. The summed E-state index contributed by atoms with van der Waals surface area (Å²) in [5, 5.41) is 3.19. The molecule has 4 heteroatoms. The third-order valence-electron chi connectivity index (χ3n) is 3.62. The molecule has 1 saturated heterocycles. The van der Waals surface area contributed by atoms with Crippen LogP contribution in [0.15, 0.2) is 18.2 Å². The van der Waals surface area contributed by atoms with Crippen molar-refractivity contribution in [3.63, 3.8) is 0 Å². The van der Waals surface area contributed by atoms with E-state index in [2.05, 4.69) is 5.32 Å². The third-order valence-corrected chi connectivity index (χ3v) is 3.62. The van der Waals surface area contributed by atoms with E-state index in [0.29, 0.717) is 12.1 Å². The highest BCUT2D eigenvalue weighted by Gasteiger charge is 2.35. The minimum absolute atomic E-state index is 0.164. The maximum Gasteiger partial charge on any atom is 0.165 e. The van der Waals surface area contributed by atoms with Gasteiger partial charge in [0.1, 0.15) is 5.78 Å². The molecule has 98 valence electrons. The van der Waals surface area contributed by atoms with E-state index in [9.17, 15) is 9.18 Å². The third kappa shape index (κ3) is 2.53. The number of halogens is 1. The van der Waals surface area contributed by atoms with Gasteiger partial charge in [-0.25, -0.2) is 4.39 Å². The van der Waals surface area contributed by atoms with E-state index in [1.54, 1.807) is 12.1 Å². The lowest BCUT2D eigenvalue weighted by atomic mass is 9.82. The summed E-state index contributed by atoms with van der Waals surface area (Å²) in [6.45, 7) is 3.55. The van der Waals surface area contributed by atoms with Crippen LogP contribution in [0, 0.1) is 11.2 Å². The zero-order valence-corrected chi connectivity index (χ0v) is 10.8. The molecule has 0 radical (unpaired) electrons. The van der Waals surface area contributed by atoms with E-state index in [4.69, 9.17) is 4.74 Å². The van der Waals surface area contributed by atoms with Gasteiger partial charge in [-0.1, -0.05) is 13.0 Å². The summed E-state index contributed by atoms with van der Waals surface area (Å²) in [6.07, 6.45) is 1.13. The van der Waals surface area contributed by atoms with Crippen molar-refractivity contribution in [2.45, 2.75) is 19.8 Å². The zero-order valence-electron chi connectivity index (χ0n) is 10.8. The Bertz CT molecular complexity index is 453. The monoisotopic (exact) mass is 251 g/mol. The highest BCUT2D eigenvalue weighted by Crippen LogP contribution is 2.28. The molecule has 1 N–H and O–H groups in total. The summed E-state index contributed by atoms with van der Waals surface area (Å²) in [6, 6.07) is 4.68. The summed E-state index contributed by atoms with van der Waals surface area (Å²) < 4.78 is 18.4. The molecule has 1 aromatic carbocycles. The van der Waals surface area contributed by atoms with Gasteiger partial charge in [0.2, 0.25) is 0 Å². The maximum absolute atomic E-state index is 13.5. The Morgan fingerprint density at radius 1 is 1.56 bits per heavy atom. The number of carbonyl (C=O) groups is 1. The fourth-order valence-electron chi connectivity index (χ4n) is 2.27. The quantitative estimate of drug-likeness (QED) is 0.888. The van der Waals surface area contributed by atoms with Gasteiger partial charge in [0.15, 0.2) is 11.6 Å². The number of hydrogen-bond donors (Lipinski definition) is 1. The van der Waals surface area contributed by atoms with Crippen LogP contribution in [-0.4, -0.2) is 26.0 Å². The molecule has 0 bridgehead atoms. The SMILES string of the molecule is COc1ccc(CC(=O)C2(C)CCNC2)cc1F. The smallest absolute Gasteiger partial charge is 0.165 e. The molecule has 1 heterocycles. The number of ketones is 1. The lowest BCUT2D eigenvalue weighted by Gasteiger charge is -2.20. The first kappa shape index (κ1) is 13.0. The minimum Gasteiger partial charge on any atom is -0.494 e. The van der Waals surface area contributed by atoms with Gasteiger partial charge >= 0.3 is 0 Å². The fraction of sp³-hybridized carbons (Fsp3) is 0.500. The standard InChI is InChI=1S/C14H18FNO2/c1-14(5-6-16-9-14)13(17)8-10-3-4-12(18-2)11(15)7-10/h3-4,7,16H,5-6,8-9H2,1-2H3. The van der Waals surface area contributed by atoms with Crippen LogP contribution in [0.3, 0.4) is 0 Å². The summed E-state index contributed by atoms with van der Waals surface area (Å²) in [4.78, 5) is 12.2. The van der Waals surface area contributed by atoms with E-state index >= 15 is 0 Å². The molecule has 3 nitrogen and oxygen atoms in total. The second kappa shape index (κ2) is 5.06. The molecule has 0 aliphatic carbocycles. The highest BCUT2D eigenvalue weighted by molar-refractivity contribution is 5.87. The van der Waals surface area contributed by atoms with Gasteiger partial charge in [0.25, 0.3) is 0 Å². The molecule has 1 aromatic rings. The van der Waals surface area contributed by atoms with Crippen molar-refractivity contribution in [3.05, 3.63) is 29.6 Å². The Morgan fingerprint density at radius 3 is 2.89 bits per heavy atom. The Balaban J connectivity index is 2.09. The van der Waals surface area contributed by atoms with Crippen LogP contribution < -0.4 is 10.1 Å². The van der Waals surface area contributed by atoms with Gasteiger partial charge in [-0.05, 0) is 30.7 Å². The van der Waals surface area contributed by atoms with Crippen LogP contribution in [0.25, 0.3) is 0 Å². The van der Waals surface area contributed by atoms with Gasteiger partial charge in [-0.3, -0.25) is 4.79 Å². The van der Waals surface area contributed by atoms with Crippen LogP contribution >= 0.6 is 0 Å². The second-order valence-corrected chi connectivity index (χ2v) is 5.06. The van der Waals surface area contributed by atoms with Crippen molar-refractivity contribution in [2.75, 3.05) is 20.2 Å². The summed E-state index contributed by atoms with van der Waals surface area (Å²) in [5.74, 6) is -0.0467. The number of benzene rings is 1. The van der Waals surface area contributed by atoms with Gasteiger partial charge < -0.3 is 10.1 Å². The number of methoxy groups -OCH3 is 1. The Morgan fingerprint density at radius 2 is 2.33 bits per heavy atom. The molecule has 0 saturated carbocycles. The molecule has 1 unspecified atom stereocenters. The molecule has 1 aliphatic rings. The van der Waals surface area contributed by atoms with Crippen LogP contribution in [-0.2, 0) is 11.2 Å². The summed E-state index contributed by atoms with van der Waals surface area (Å²) in [7, 11) is 1.43. The molecule has 1 aliphatic heterocycles. The predicted octanol–water partition coefficient (Wildman–Crippen LogP) is 1.95. The molecule has 0 aromatic heterocycles. The van der Waals surface area contributed by atoms with E-state index in [-0.39, 0.29) is 23.4 Å². The molecule has 0 spiro atoms. The molecule has 2 rings (SSSR count). The van der Waals surface area contributed by atoms with Crippen molar-refractivity contribution < 1.29 is 13.9 Å². The highest BCUT2D eigenvalue weighted by atomic mass is 19.1. The second-order valence-electron chi connectivity index (χ2n) is 5.06. The first-order valence-corrected chi connectivity index (χ1v) is 6.11. The normalized spacial score (nSPS) is 23.1. The Hall–Kier alpha value is -1.42. The molecule has 1 fully saturated rings. The van der Waals surface area contributed by atoms with E-state index in [1.807, 2.05) is 6.92 Å². The molecule has 1 atom stereocenters. The van der Waals surface area contributed by atoms with E-state index in [0.717, 1.165) is 13.0 Å². The van der Waals surface area contributed by atoms with Crippen molar-refractivity contribution in [1.82, 2.24) is 5.32 Å². The topological polar surface area (TPSA) is 38.3 Å². The molecular weight excluding hydrogens is 233 g/mol. The van der Waals surface area contributed by atoms with Crippen molar-refractivity contribution in [1.29, 1.82) is 0 Å². The van der Waals surface area contributed by atoms with Gasteiger partial charge in [-0.2, -0.15) is 0 Å². The van der Waals surface area contributed by atoms with Gasteiger partial charge in [0, 0.05) is 18.4 Å². The minimum atomic E-state index is -0.419. The van der Waals surface area contributed by atoms with Gasteiger partial charge in [0.05, 0.1) is 7.11 Å². The zero-order chi connectivity index (χ0) is 13.2. The molecular formula is C14H18FNO2. The lowest BCUT2D eigenvalue weighted by molar-refractivity contribution is -0.126. The van der Waals surface area contributed by atoms with Crippen molar-refractivity contribution in [2.24, 2.45) is 5.41 Å². The lowest BCUT2D eigenvalue weighted by Crippen LogP contribution is -2.31. The van der Waals surface area contributed by atoms with E-state index in [1.165, 1.54) is 13.2 Å². The maximum atomic E-state index is 13.5. The van der Waals surface area contributed by atoms with Gasteiger partial charge in [-0.15, -0.1) is 0 Å². The average molecular weight is 251 g/mol. The molecule has 0 amide bonds. The van der Waals surface area contributed by atoms with E-state index < -0.39 is 5.82 Å². The van der Waals surface area contributed by atoms with Crippen LogP contribution in [0.4, 0.5) is 4.39 Å². The summed E-state index contributed by atoms with van der Waals surface area (Å²) >= 11 is 0. The Kier molecular flexibility index (Phi) is 3.66. The number of ether oxygens (including phenoxy) is 1. The first-order valence-electron chi connectivity index (χ1n) is 6.11. The van der Waals surface area contributed by atoms with Crippen molar-refractivity contribution >= 4 is 5.78 Å². The van der Waals surface area contributed by atoms with Crippen LogP contribution in [0.1, 0.15) is 18.9 Å².